The van der Waals surface area contributed by atoms with Gasteiger partial charge in [0.2, 0.25) is 0 Å². The maximum atomic E-state index is 4.85. The van der Waals surface area contributed by atoms with E-state index in [-0.39, 0.29) is 0 Å². The molecule has 1 aromatic rings. The van der Waals surface area contributed by atoms with Gasteiger partial charge >= 0.3 is 0 Å². The van der Waals surface area contributed by atoms with Crippen molar-refractivity contribution in [3.8, 4) is 0 Å². The normalized spacial score (nSPS) is 17.8. The monoisotopic (exact) mass is 219 g/mol. The topological polar surface area (TPSA) is 30.5 Å². The minimum Gasteiger partial charge on any atom is -0.381 e. The van der Waals surface area contributed by atoms with Crippen LogP contribution < -0.4 is 5.32 Å². The molecule has 1 saturated heterocycles. The van der Waals surface area contributed by atoms with Crippen molar-refractivity contribution < 1.29 is 9.47 Å². The van der Waals surface area contributed by atoms with Crippen molar-refractivity contribution in [3.63, 3.8) is 0 Å². The molecular weight excluding hydrogens is 202 g/mol. The number of ether oxygens (including phenoxy) is 2. The minimum absolute atomic E-state index is 0.500. The highest BCUT2D eigenvalue weighted by Crippen LogP contribution is 2.18. The SMILES string of the molecule is C1=Cc2ccccc2NC1.C1COCOC1. The van der Waals surface area contributed by atoms with Crippen LogP contribution >= 0.6 is 0 Å². The largest absolute Gasteiger partial charge is 0.381 e. The molecule has 1 N–H and O–H groups in total. The van der Waals surface area contributed by atoms with Gasteiger partial charge < -0.3 is 14.8 Å². The molecule has 1 fully saturated rings. The Bertz CT molecular complexity index is 334. The van der Waals surface area contributed by atoms with Crippen LogP contribution in [0.1, 0.15) is 12.0 Å². The summed E-state index contributed by atoms with van der Waals surface area (Å²) in [5.74, 6) is 0. The highest BCUT2D eigenvalue weighted by atomic mass is 16.7. The lowest BCUT2D eigenvalue weighted by Gasteiger charge is -2.11. The maximum Gasteiger partial charge on any atom is 0.146 e. The minimum atomic E-state index is 0.500. The molecule has 2 heterocycles. The lowest BCUT2D eigenvalue weighted by molar-refractivity contribution is -0.0963. The van der Waals surface area contributed by atoms with Crippen LogP contribution in [-0.4, -0.2) is 26.6 Å². The van der Waals surface area contributed by atoms with Gasteiger partial charge in [0, 0.05) is 12.2 Å². The van der Waals surface area contributed by atoms with E-state index < -0.39 is 0 Å². The van der Waals surface area contributed by atoms with E-state index in [1.807, 2.05) is 6.07 Å². The molecule has 0 amide bonds. The van der Waals surface area contributed by atoms with Crippen molar-refractivity contribution in [1.29, 1.82) is 0 Å². The second-order valence-corrected chi connectivity index (χ2v) is 3.66. The first-order valence-electron chi connectivity index (χ1n) is 5.62. The van der Waals surface area contributed by atoms with E-state index in [0.717, 1.165) is 26.2 Å². The van der Waals surface area contributed by atoms with Crippen molar-refractivity contribution in [2.45, 2.75) is 6.42 Å². The first-order valence-corrected chi connectivity index (χ1v) is 5.62. The van der Waals surface area contributed by atoms with Crippen LogP contribution in [0.4, 0.5) is 5.69 Å². The molecule has 1 aromatic carbocycles. The maximum absolute atomic E-state index is 4.85. The molecule has 3 heteroatoms. The number of nitrogens with one attached hydrogen (secondary N) is 1. The lowest BCUT2D eigenvalue weighted by atomic mass is 10.1. The molecule has 0 aliphatic carbocycles. The highest BCUT2D eigenvalue weighted by Gasteiger charge is 1.98. The Morgan fingerprint density at radius 2 is 1.88 bits per heavy atom. The molecule has 0 saturated carbocycles. The van der Waals surface area contributed by atoms with Crippen molar-refractivity contribution in [2.24, 2.45) is 0 Å². The van der Waals surface area contributed by atoms with Gasteiger partial charge in [-0.15, -0.1) is 0 Å². The average Bonchev–Trinajstić information content (AvgIpc) is 2.42. The quantitative estimate of drug-likeness (QED) is 0.727. The summed E-state index contributed by atoms with van der Waals surface area (Å²) in [4.78, 5) is 0. The number of anilines is 1. The van der Waals surface area contributed by atoms with Crippen LogP contribution in [0.3, 0.4) is 0 Å². The molecule has 86 valence electrons. The molecule has 2 aliphatic heterocycles. The predicted molar refractivity (Wildman–Crippen MR) is 65.4 cm³/mol. The summed E-state index contributed by atoms with van der Waals surface area (Å²) < 4.78 is 9.69. The summed E-state index contributed by atoms with van der Waals surface area (Å²) >= 11 is 0. The third-order valence-corrected chi connectivity index (χ3v) is 2.41. The van der Waals surface area contributed by atoms with Gasteiger partial charge in [-0.3, -0.25) is 0 Å². The first-order chi connectivity index (χ1) is 7.97. The Labute approximate surface area is 96.1 Å². The zero-order valence-corrected chi connectivity index (χ0v) is 9.32. The summed E-state index contributed by atoms with van der Waals surface area (Å²) in [6.07, 6.45) is 5.33. The van der Waals surface area contributed by atoms with Gasteiger partial charge in [-0.25, -0.2) is 0 Å². The summed E-state index contributed by atoms with van der Waals surface area (Å²) in [7, 11) is 0. The number of rotatable bonds is 0. The van der Waals surface area contributed by atoms with Crippen molar-refractivity contribution >= 4 is 11.8 Å². The summed E-state index contributed by atoms with van der Waals surface area (Å²) in [5, 5.41) is 3.28. The van der Waals surface area contributed by atoms with Gasteiger partial charge in [0.15, 0.2) is 0 Å². The Balaban J connectivity index is 0.000000138. The Hall–Kier alpha value is -1.32. The predicted octanol–water partition coefficient (Wildman–Crippen LogP) is 2.51. The lowest BCUT2D eigenvalue weighted by Crippen LogP contribution is -2.11. The average molecular weight is 219 g/mol. The van der Waals surface area contributed by atoms with Crippen molar-refractivity contribution in [1.82, 2.24) is 0 Å². The van der Waals surface area contributed by atoms with Gasteiger partial charge in [0.1, 0.15) is 6.79 Å². The van der Waals surface area contributed by atoms with Gasteiger partial charge in [-0.2, -0.15) is 0 Å². The van der Waals surface area contributed by atoms with Crippen LogP contribution in [0, 0.1) is 0 Å². The fraction of sp³-hybridized carbons (Fsp3) is 0.385. The highest BCUT2D eigenvalue weighted by molar-refractivity contribution is 5.69. The van der Waals surface area contributed by atoms with Crippen LogP contribution in [0.25, 0.3) is 6.08 Å². The molecule has 0 spiro atoms. The van der Waals surface area contributed by atoms with Crippen molar-refractivity contribution in [3.05, 3.63) is 35.9 Å². The van der Waals surface area contributed by atoms with Gasteiger partial charge in [0.25, 0.3) is 0 Å². The number of para-hydroxylation sites is 1. The van der Waals surface area contributed by atoms with Gasteiger partial charge in [-0.05, 0) is 18.1 Å². The van der Waals surface area contributed by atoms with Crippen LogP contribution in [0.2, 0.25) is 0 Å². The fourth-order valence-electron chi connectivity index (χ4n) is 1.60. The van der Waals surface area contributed by atoms with E-state index in [9.17, 15) is 0 Å². The van der Waals surface area contributed by atoms with Crippen LogP contribution in [0.15, 0.2) is 30.3 Å². The number of hydrogen-bond acceptors (Lipinski definition) is 3. The third kappa shape index (κ3) is 3.36. The molecule has 0 radical (unpaired) electrons. The summed E-state index contributed by atoms with van der Waals surface area (Å²) in [6, 6.07) is 8.30. The molecular formula is C13H17NO2. The third-order valence-electron chi connectivity index (χ3n) is 2.41. The summed E-state index contributed by atoms with van der Waals surface area (Å²) in [5.41, 5.74) is 2.53. The second kappa shape index (κ2) is 6.30. The van der Waals surface area contributed by atoms with Gasteiger partial charge in [0.05, 0.1) is 13.2 Å². The number of benzene rings is 1. The van der Waals surface area contributed by atoms with E-state index in [1.165, 1.54) is 11.3 Å². The first kappa shape index (κ1) is 11.2. The van der Waals surface area contributed by atoms with E-state index in [1.54, 1.807) is 0 Å². The number of hydrogen-bond donors (Lipinski definition) is 1. The Morgan fingerprint density at radius 1 is 1.06 bits per heavy atom. The van der Waals surface area contributed by atoms with E-state index in [0.29, 0.717) is 6.79 Å². The zero-order chi connectivity index (χ0) is 11.1. The Kier molecular flexibility index (Phi) is 4.40. The van der Waals surface area contributed by atoms with E-state index >= 15 is 0 Å². The standard InChI is InChI=1S/C9H9N.C4H8O2/c1-2-6-9-8(4-1)5-3-7-10-9;1-2-5-4-6-3-1/h1-6,10H,7H2;1-4H2. The fourth-order valence-corrected chi connectivity index (χ4v) is 1.60. The molecule has 2 aliphatic rings. The molecule has 0 bridgehead atoms. The van der Waals surface area contributed by atoms with E-state index in [2.05, 4.69) is 35.7 Å². The van der Waals surface area contributed by atoms with Crippen LogP contribution in [-0.2, 0) is 9.47 Å². The smallest absolute Gasteiger partial charge is 0.146 e. The zero-order valence-electron chi connectivity index (χ0n) is 9.32. The summed E-state index contributed by atoms with van der Waals surface area (Å²) in [6.45, 7) is 3.21. The molecule has 3 rings (SSSR count). The molecule has 0 unspecified atom stereocenters. The second-order valence-electron chi connectivity index (χ2n) is 3.66. The molecule has 0 aromatic heterocycles. The van der Waals surface area contributed by atoms with Crippen molar-refractivity contribution in [2.75, 3.05) is 31.9 Å². The molecule has 3 nitrogen and oxygen atoms in total. The number of fused-ring (bicyclic) bond motifs is 1. The van der Waals surface area contributed by atoms with Gasteiger partial charge in [-0.1, -0.05) is 30.4 Å². The molecule has 16 heavy (non-hydrogen) atoms. The Morgan fingerprint density at radius 3 is 2.50 bits per heavy atom. The molecule has 0 atom stereocenters. The van der Waals surface area contributed by atoms with Crippen LogP contribution in [0.5, 0.6) is 0 Å². The van der Waals surface area contributed by atoms with E-state index in [4.69, 9.17) is 9.47 Å².